The number of carbonyl (C=O) groups is 2. The van der Waals surface area contributed by atoms with Crippen molar-refractivity contribution in [3.63, 3.8) is 0 Å². The predicted octanol–water partition coefficient (Wildman–Crippen LogP) is 1.53. The minimum absolute atomic E-state index is 0.271. The Kier molecular flexibility index (Phi) is 3.75. The molecule has 0 aromatic rings. The van der Waals surface area contributed by atoms with Gasteiger partial charge < -0.3 is 14.2 Å². The van der Waals surface area contributed by atoms with Gasteiger partial charge in [0.05, 0.1) is 25.4 Å². The molecule has 0 fully saturated rings. The number of esters is 2. The highest BCUT2D eigenvalue weighted by molar-refractivity contribution is 6.04. The van der Waals surface area contributed by atoms with Gasteiger partial charge in [0.2, 0.25) is 0 Å². The van der Waals surface area contributed by atoms with Gasteiger partial charge in [0.15, 0.2) is 0 Å². The largest absolute Gasteiger partial charge is 0.466 e. The Hall–Kier alpha value is -1.62. The third kappa shape index (κ3) is 2.08. The van der Waals surface area contributed by atoms with E-state index < -0.39 is 23.6 Å². The predicted molar refractivity (Wildman–Crippen MR) is 67.3 cm³/mol. The molecule has 0 spiro atoms. The summed E-state index contributed by atoms with van der Waals surface area (Å²) in [4.78, 5) is 23.9. The Labute approximate surface area is 112 Å². The van der Waals surface area contributed by atoms with Gasteiger partial charge in [-0.3, -0.25) is 0 Å². The van der Waals surface area contributed by atoms with E-state index in [1.165, 1.54) is 14.2 Å². The zero-order valence-corrected chi connectivity index (χ0v) is 11.4. The van der Waals surface area contributed by atoms with Crippen molar-refractivity contribution in [1.82, 2.24) is 0 Å². The zero-order chi connectivity index (χ0) is 14.0. The average molecular weight is 266 g/mol. The first-order valence-electron chi connectivity index (χ1n) is 6.38. The summed E-state index contributed by atoms with van der Waals surface area (Å²) in [6.07, 6.45) is 5.68. The number of hydrogen-bond donors (Lipinski definition) is 0. The molecule has 5 nitrogen and oxygen atoms in total. The third-order valence-electron chi connectivity index (χ3n) is 3.55. The van der Waals surface area contributed by atoms with Gasteiger partial charge in [0.1, 0.15) is 11.7 Å². The molecule has 0 radical (unpaired) electrons. The number of methoxy groups -OCH3 is 2. The Morgan fingerprint density at radius 2 is 2.00 bits per heavy atom. The molecule has 2 aliphatic heterocycles. The quantitative estimate of drug-likeness (QED) is 0.558. The summed E-state index contributed by atoms with van der Waals surface area (Å²) in [6.45, 7) is 2.06. The smallest absolute Gasteiger partial charge is 0.337 e. The van der Waals surface area contributed by atoms with Crippen molar-refractivity contribution in [2.45, 2.75) is 37.9 Å². The number of fused-ring (bicyclic) bond motifs is 2. The number of rotatable bonds is 5. The van der Waals surface area contributed by atoms with Crippen LogP contribution in [0.2, 0.25) is 0 Å². The summed E-state index contributed by atoms with van der Waals surface area (Å²) in [7, 11) is 2.59. The molecule has 19 heavy (non-hydrogen) atoms. The molecule has 0 aromatic heterocycles. The lowest BCUT2D eigenvalue weighted by Crippen LogP contribution is -2.32. The van der Waals surface area contributed by atoms with Gasteiger partial charge in [-0.05, 0) is 12.5 Å². The van der Waals surface area contributed by atoms with Gasteiger partial charge in [-0.25, -0.2) is 9.59 Å². The lowest BCUT2D eigenvalue weighted by atomic mass is 9.83. The van der Waals surface area contributed by atoms with Gasteiger partial charge in [0, 0.05) is 0 Å². The Morgan fingerprint density at radius 1 is 1.32 bits per heavy atom. The number of carbonyl (C=O) groups excluding carboxylic acids is 2. The first-order chi connectivity index (χ1) is 9.09. The van der Waals surface area contributed by atoms with E-state index in [1.54, 1.807) is 6.08 Å². The van der Waals surface area contributed by atoms with E-state index in [4.69, 9.17) is 14.2 Å². The van der Waals surface area contributed by atoms with E-state index in [2.05, 4.69) is 6.92 Å². The molecular weight excluding hydrogens is 248 g/mol. The lowest BCUT2D eigenvalue weighted by Gasteiger charge is -2.25. The van der Waals surface area contributed by atoms with Crippen LogP contribution < -0.4 is 0 Å². The summed E-state index contributed by atoms with van der Waals surface area (Å²) in [5.41, 5.74) is -0.257. The van der Waals surface area contributed by atoms with Crippen LogP contribution in [-0.4, -0.2) is 37.9 Å². The van der Waals surface area contributed by atoms with E-state index in [0.29, 0.717) is 12.0 Å². The molecule has 0 saturated carbocycles. The monoisotopic (exact) mass is 266 g/mol. The maximum absolute atomic E-state index is 12.0. The van der Waals surface area contributed by atoms with Crippen molar-refractivity contribution >= 4 is 11.9 Å². The minimum atomic E-state index is -0.822. The molecule has 2 heterocycles. The van der Waals surface area contributed by atoms with Crippen molar-refractivity contribution in [3.05, 3.63) is 23.3 Å². The molecule has 0 N–H and O–H groups in total. The normalized spacial score (nSPS) is 27.8. The molecule has 2 rings (SSSR count). The molecule has 0 aliphatic carbocycles. The summed E-state index contributed by atoms with van der Waals surface area (Å²) in [5, 5.41) is 0. The Morgan fingerprint density at radius 3 is 2.58 bits per heavy atom. The molecule has 2 aliphatic rings. The fourth-order valence-corrected chi connectivity index (χ4v) is 2.64. The second-order valence-electron chi connectivity index (χ2n) is 4.66. The maximum Gasteiger partial charge on any atom is 0.337 e. The number of ether oxygens (including phenoxy) is 3. The van der Waals surface area contributed by atoms with Crippen molar-refractivity contribution in [2.24, 2.45) is 0 Å². The van der Waals surface area contributed by atoms with Crippen molar-refractivity contribution < 1.29 is 23.8 Å². The summed E-state index contributed by atoms with van der Waals surface area (Å²) >= 11 is 0. The van der Waals surface area contributed by atoms with E-state index in [9.17, 15) is 9.59 Å². The fourth-order valence-electron chi connectivity index (χ4n) is 2.64. The van der Waals surface area contributed by atoms with Crippen molar-refractivity contribution in [1.29, 1.82) is 0 Å². The van der Waals surface area contributed by atoms with E-state index in [1.807, 2.05) is 6.08 Å². The lowest BCUT2D eigenvalue weighted by molar-refractivity contribution is -0.139. The van der Waals surface area contributed by atoms with E-state index in [0.717, 1.165) is 12.8 Å². The van der Waals surface area contributed by atoms with Gasteiger partial charge >= 0.3 is 11.9 Å². The molecule has 5 heteroatoms. The fraction of sp³-hybridized carbons (Fsp3) is 0.571. The van der Waals surface area contributed by atoms with E-state index >= 15 is 0 Å². The minimum Gasteiger partial charge on any atom is -0.466 e. The average Bonchev–Trinajstić information content (AvgIpc) is 2.99. The number of hydrogen-bond acceptors (Lipinski definition) is 5. The van der Waals surface area contributed by atoms with Gasteiger partial charge in [-0.2, -0.15) is 0 Å². The second kappa shape index (κ2) is 5.17. The molecule has 2 unspecified atom stereocenters. The van der Waals surface area contributed by atoms with Crippen LogP contribution in [0.5, 0.6) is 0 Å². The van der Waals surface area contributed by atoms with Crippen LogP contribution in [0.25, 0.3) is 0 Å². The van der Waals surface area contributed by atoms with Crippen molar-refractivity contribution in [3.8, 4) is 0 Å². The SMILES string of the molecule is CCCCC12C=CC(O1)C(C(=O)OC)=C2C(=O)OC. The van der Waals surface area contributed by atoms with Crippen LogP contribution in [0.3, 0.4) is 0 Å². The zero-order valence-electron chi connectivity index (χ0n) is 11.4. The summed E-state index contributed by atoms with van der Waals surface area (Å²) in [6, 6.07) is 0. The standard InChI is InChI=1S/C14H18O5/c1-4-5-7-14-8-6-9(19-14)10(12(15)17-2)11(14)13(16)18-3/h6,8-9H,4-5,7H2,1-3H3. The summed E-state index contributed by atoms with van der Waals surface area (Å²) in [5.74, 6) is -1.06. The highest BCUT2D eigenvalue weighted by atomic mass is 16.6. The first-order valence-corrected chi connectivity index (χ1v) is 6.38. The highest BCUT2D eigenvalue weighted by Crippen LogP contribution is 2.46. The van der Waals surface area contributed by atoms with Gasteiger partial charge in [-0.15, -0.1) is 0 Å². The molecule has 2 atom stereocenters. The molecule has 0 saturated heterocycles. The first kappa shape index (κ1) is 13.8. The van der Waals surface area contributed by atoms with Gasteiger partial charge in [0.25, 0.3) is 0 Å². The highest BCUT2D eigenvalue weighted by Gasteiger charge is 2.53. The topological polar surface area (TPSA) is 61.8 Å². The van der Waals surface area contributed by atoms with Crippen LogP contribution in [0.1, 0.15) is 26.2 Å². The Bertz CT molecular complexity index is 462. The van der Waals surface area contributed by atoms with Crippen molar-refractivity contribution in [2.75, 3.05) is 14.2 Å². The van der Waals surface area contributed by atoms with Crippen LogP contribution in [-0.2, 0) is 23.8 Å². The molecular formula is C14H18O5. The Balaban J connectivity index is 2.44. The maximum atomic E-state index is 12.0. The molecule has 104 valence electrons. The molecule has 2 bridgehead atoms. The van der Waals surface area contributed by atoms with Crippen LogP contribution in [0.4, 0.5) is 0 Å². The van der Waals surface area contributed by atoms with E-state index in [-0.39, 0.29) is 5.57 Å². The van der Waals surface area contributed by atoms with Crippen LogP contribution in [0.15, 0.2) is 23.3 Å². The summed E-state index contributed by atoms with van der Waals surface area (Å²) < 4.78 is 15.4. The van der Waals surface area contributed by atoms with Gasteiger partial charge in [-0.1, -0.05) is 25.8 Å². The second-order valence-corrected chi connectivity index (χ2v) is 4.66. The number of unbranched alkanes of at least 4 members (excludes halogenated alkanes) is 1. The molecule has 0 aromatic carbocycles. The van der Waals surface area contributed by atoms with Crippen LogP contribution in [0, 0.1) is 0 Å². The van der Waals surface area contributed by atoms with Crippen LogP contribution >= 0.6 is 0 Å². The third-order valence-corrected chi connectivity index (χ3v) is 3.55. The molecule has 0 amide bonds.